The molecule has 7 nitrogen and oxygen atoms in total. The van der Waals surface area contributed by atoms with Gasteiger partial charge >= 0.3 is 0 Å². The minimum Gasteiger partial charge on any atom is -0.399 e. The zero-order valence-electron chi connectivity index (χ0n) is 9.00. The number of benzene rings is 1. The van der Waals surface area contributed by atoms with Crippen LogP contribution in [-0.2, 0) is 10.0 Å². The monoisotopic (exact) mass is 261 g/mol. The zero-order valence-corrected chi connectivity index (χ0v) is 9.81. The van der Waals surface area contributed by atoms with Gasteiger partial charge in [-0.15, -0.1) is 0 Å². The van der Waals surface area contributed by atoms with Crippen molar-refractivity contribution in [2.45, 2.75) is 10.9 Å². The molecule has 0 radical (unpaired) electrons. The Morgan fingerprint density at radius 3 is 2.35 bits per heavy atom. The fraction of sp³-hybridized carbons (Fsp3) is 0.333. The molecule has 1 rings (SSSR count). The molecule has 0 saturated carbocycles. The summed E-state index contributed by atoms with van der Waals surface area (Å²) in [4.78, 5) is -0.176. The van der Waals surface area contributed by atoms with Crippen molar-refractivity contribution in [3.8, 4) is 0 Å². The van der Waals surface area contributed by atoms with E-state index in [1.807, 2.05) is 0 Å². The van der Waals surface area contributed by atoms with Gasteiger partial charge in [0, 0.05) is 5.69 Å². The second-order valence-electron chi connectivity index (χ2n) is 3.51. The van der Waals surface area contributed by atoms with Gasteiger partial charge in [-0.25, -0.2) is 13.6 Å². The van der Waals surface area contributed by atoms with Crippen LogP contribution in [0.2, 0.25) is 0 Å². The van der Waals surface area contributed by atoms with Crippen molar-refractivity contribution in [1.82, 2.24) is 0 Å². The normalized spacial score (nSPS) is 11.8. The van der Waals surface area contributed by atoms with Crippen molar-refractivity contribution in [2.75, 3.05) is 24.3 Å². The molecule has 0 fully saturated rings. The number of nitrogen functional groups attached to an aromatic ring is 1. The summed E-state index contributed by atoms with van der Waals surface area (Å²) >= 11 is 0. The summed E-state index contributed by atoms with van der Waals surface area (Å²) in [6.07, 6.45) is 0. The quantitative estimate of drug-likeness (QED) is 0.417. The van der Waals surface area contributed by atoms with E-state index in [2.05, 4.69) is 5.32 Å². The molecule has 0 spiro atoms. The molecule has 0 aliphatic rings. The van der Waals surface area contributed by atoms with Gasteiger partial charge in [0.05, 0.1) is 24.9 Å². The Hall–Kier alpha value is -1.35. The smallest absolute Gasteiger partial charge is 0.240 e. The molecule has 8 heteroatoms. The van der Waals surface area contributed by atoms with E-state index in [0.29, 0.717) is 0 Å². The van der Waals surface area contributed by atoms with Crippen molar-refractivity contribution in [3.05, 3.63) is 18.2 Å². The number of rotatable bonds is 5. The number of hydrogen-bond donors (Lipinski definition) is 5. The van der Waals surface area contributed by atoms with Gasteiger partial charge in [0.1, 0.15) is 4.90 Å². The first-order valence-electron chi connectivity index (χ1n) is 4.79. The predicted molar refractivity (Wildman–Crippen MR) is 63.8 cm³/mol. The summed E-state index contributed by atoms with van der Waals surface area (Å²) in [6.45, 7) is -0.685. The first-order chi connectivity index (χ1) is 7.88. The van der Waals surface area contributed by atoms with Crippen LogP contribution in [0.3, 0.4) is 0 Å². The molecule has 0 heterocycles. The van der Waals surface area contributed by atoms with Gasteiger partial charge in [0.15, 0.2) is 0 Å². The Labute approximate surface area is 99.1 Å². The van der Waals surface area contributed by atoms with E-state index in [1.165, 1.54) is 18.2 Å². The molecule has 96 valence electrons. The van der Waals surface area contributed by atoms with Gasteiger partial charge < -0.3 is 21.3 Å². The fourth-order valence-corrected chi connectivity index (χ4v) is 2.00. The summed E-state index contributed by atoms with van der Waals surface area (Å²) in [7, 11) is -3.92. The molecule has 0 atom stereocenters. The van der Waals surface area contributed by atoms with Gasteiger partial charge in [-0.05, 0) is 18.2 Å². The second-order valence-corrected chi connectivity index (χ2v) is 5.04. The molecule has 7 N–H and O–H groups in total. The summed E-state index contributed by atoms with van der Waals surface area (Å²) in [5.41, 5.74) is 5.92. The average molecular weight is 261 g/mol. The van der Waals surface area contributed by atoms with Crippen molar-refractivity contribution in [2.24, 2.45) is 5.14 Å². The molecule has 0 bridgehead atoms. The van der Waals surface area contributed by atoms with E-state index in [1.54, 1.807) is 0 Å². The summed E-state index contributed by atoms with van der Waals surface area (Å²) in [5, 5.41) is 25.5. The lowest BCUT2D eigenvalue weighted by atomic mass is 10.2. The lowest BCUT2D eigenvalue weighted by molar-refractivity contribution is 0.203. The Kier molecular flexibility index (Phi) is 4.29. The van der Waals surface area contributed by atoms with Gasteiger partial charge in [0.25, 0.3) is 0 Å². The van der Waals surface area contributed by atoms with Crippen LogP contribution < -0.4 is 16.2 Å². The van der Waals surface area contributed by atoms with E-state index < -0.39 is 16.1 Å². The molecule has 0 saturated heterocycles. The minimum absolute atomic E-state index is 0.176. The number of aliphatic hydroxyl groups is 2. The number of aliphatic hydroxyl groups excluding tert-OH is 2. The third-order valence-corrected chi connectivity index (χ3v) is 3.06. The van der Waals surface area contributed by atoms with Crippen LogP contribution in [0.1, 0.15) is 0 Å². The maximum atomic E-state index is 11.3. The van der Waals surface area contributed by atoms with Crippen LogP contribution in [0.15, 0.2) is 23.1 Å². The van der Waals surface area contributed by atoms with Crippen LogP contribution in [0.5, 0.6) is 0 Å². The molecular weight excluding hydrogens is 246 g/mol. The van der Waals surface area contributed by atoms with Gasteiger partial charge in [-0.2, -0.15) is 0 Å². The number of primary sulfonamides is 1. The highest BCUT2D eigenvalue weighted by Gasteiger charge is 2.16. The second kappa shape index (κ2) is 5.32. The Bertz CT molecular complexity index is 485. The van der Waals surface area contributed by atoms with Crippen molar-refractivity contribution in [3.63, 3.8) is 0 Å². The number of hydrogen-bond acceptors (Lipinski definition) is 6. The third kappa shape index (κ3) is 3.56. The van der Waals surface area contributed by atoms with E-state index in [-0.39, 0.29) is 29.5 Å². The topological polar surface area (TPSA) is 139 Å². The maximum Gasteiger partial charge on any atom is 0.240 e. The lowest BCUT2D eigenvalue weighted by Gasteiger charge is -2.17. The Balaban J connectivity index is 3.16. The first kappa shape index (κ1) is 13.7. The van der Waals surface area contributed by atoms with E-state index in [0.717, 1.165) is 0 Å². The molecule has 0 aliphatic carbocycles. The molecule has 17 heavy (non-hydrogen) atoms. The van der Waals surface area contributed by atoms with Gasteiger partial charge in [-0.1, -0.05) is 0 Å². The lowest BCUT2D eigenvalue weighted by Crippen LogP contribution is -2.29. The SMILES string of the molecule is Nc1ccc(NC(CO)CO)c(S(N)(=O)=O)c1. The fourth-order valence-electron chi connectivity index (χ4n) is 1.26. The highest BCUT2D eigenvalue weighted by atomic mass is 32.2. The first-order valence-corrected chi connectivity index (χ1v) is 6.33. The molecule has 0 amide bonds. The van der Waals surface area contributed by atoms with Crippen molar-refractivity contribution in [1.29, 1.82) is 0 Å². The van der Waals surface area contributed by atoms with Gasteiger partial charge in [0.2, 0.25) is 10.0 Å². The van der Waals surface area contributed by atoms with Crippen LogP contribution >= 0.6 is 0 Å². The molecule has 1 aromatic rings. The van der Waals surface area contributed by atoms with Crippen LogP contribution in [0.4, 0.5) is 11.4 Å². The maximum absolute atomic E-state index is 11.3. The van der Waals surface area contributed by atoms with Crippen LogP contribution in [0, 0.1) is 0 Å². The highest BCUT2D eigenvalue weighted by molar-refractivity contribution is 7.89. The molecule has 1 aromatic carbocycles. The largest absolute Gasteiger partial charge is 0.399 e. The van der Waals surface area contributed by atoms with E-state index in [4.69, 9.17) is 21.1 Å². The number of sulfonamides is 1. The Morgan fingerprint density at radius 1 is 1.29 bits per heavy atom. The number of nitrogens with two attached hydrogens (primary N) is 2. The van der Waals surface area contributed by atoms with E-state index in [9.17, 15) is 8.42 Å². The minimum atomic E-state index is -3.92. The summed E-state index contributed by atoms with van der Waals surface area (Å²) in [6, 6.07) is 3.46. The molecular formula is C9H15N3O4S. The van der Waals surface area contributed by atoms with Crippen LogP contribution in [0.25, 0.3) is 0 Å². The van der Waals surface area contributed by atoms with Gasteiger partial charge in [-0.3, -0.25) is 0 Å². The average Bonchev–Trinajstić information content (AvgIpc) is 2.26. The van der Waals surface area contributed by atoms with Crippen LogP contribution in [-0.4, -0.2) is 37.9 Å². The zero-order chi connectivity index (χ0) is 13.1. The molecule has 0 aliphatic heterocycles. The Morgan fingerprint density at radius 2 is 1.88 bits per heavy atom. The molecule has 0 unspecified atom stereocenters. The predicted octanol–water partition coefficient (Wildman–Crippen LogP) is -1.32. The molecule has 0 aromatic heterocycles. The number of anilines is 2. The standard InChI is InChI=1S/C9H15N3O4S/c10-6-1-2-8(12-7(4-13)5-14)9(3-6)17(11,15)16/h1-3,7,12-14H,4-5,10H2,(H2,11,15,16). The third-order valence-electron chi connectivity index (χ3n) is 2.11. The van der Waals surface area contributed by atoms with E-state index >= 15 is 0 Å². The highest BCUT2D eigenvalue weighted by Crippen LogP contribution is 2.23. The van der Waals surface area contributed by atoms with Crippen molar-refractivity contribution < 1.29 is 18.6 Å². The summed E-state index contributed by atoms with van der Waals surface area (Å²) in [5.74, 6) is 0. The van der Waals surface area contributed by atoms with Crippen molar-refractivity contribution >= 4 is 21.4 Å². The summed E-state index contributed by atoms with van der Waals surface area (Å²) < 4.78 is 22.6. The number of nitrogens with one attached hydrogen (secondary N) is 1.